The molecule has 0 fully saturated rings. The quantitative estimate of drug-likeness (QED) is 0.770. The zero-order valence-electron chi connectivity index (χ0n) is 12.1. The summed E-state index contributed by atoms with van der Waals surface area (Å²) in [5.41, 5.74) is 3.31. The first-order valence-electron chi connectivity index (χ1n) is 7.04. The number of para-hydroxylation sites is 2. The van der Waals surface area contributed by atoms with Gasteiger partial charge in [0, 0.05) is 11.6 Å². The molecule has 0 aliphatic carbocycles. The molecule has 0 amide bonds. The molecular weight excluding hydrogens is 298 g/mol. The second-order valence-corrected chi connectivity index (χ2v) is 5.53. The molecule has 112 valence electrons. The first kappa shape index (κ1) is 14.8. The molecule has 0 aliphatic heterocycles. The number of aromatic nitrogens is 2. The number of aryl methyl sites for hydroxylation is 1. The van der Waals surface area contributed by atoms with E-state index in [1.54, 1.807) is 12.1 Å². The van der Waals surface area contributed by atoms with Gasteiger partial charge in [-0.25, -0.2) is 9.97 Å². The lowest BCUT2D eigenvalue weighted by molar-refractivity contribution is 0.191. The van der Waals surface area contributed by atoms with Gasteiger partial charge < -0.3 is 10.4 Å². The van der Waals surface area contributed by atoms with Crippen LogP contribution in [0.25, 0.3) is 11.0 Å². The predicted octanol–water partition coefficient (Wildman–Crippen LogP) is 3.74. The number of aliphatic hydroxyl groups is 1. The number of rotatable bonds is 4. The average molecular weight is 314 g/mol. The summed E-state index contributed by atoms with van der Waals surface area (Å²) in [5.74, 6) is 0.687. The van der Waals surface area contributed by atoms with Crippen LogP contribution >= 0.6 is 11.6 Å². The molecule has 1 heterocycles. The Morgan fingerprint density at radius 3 is 2.36 bits per heavy atom. The summed E-state index contributed by atoms with van der Waals surface area (Å²) in [4.78, 5) is 9.06. The summed E-state index contributed by atoms with van der Waals surface area (Å²) in [5, 5.41) is 14.0. The summed E-state index contributed by atoms with van der Waals surface area (Å²) < 4.78 is 0. The van der Waals surface area contributed by atoms with Crippen molar-refractivity contribution in [1.29, 1.82) is 0 Å². The van der Waals surface area contributed by atoms with E-state index in [-0.39, 0.29) is 0 Å². The lowest BCUT2D eigenvalue weighted by atomic mass is 10.1. The minimum atomic E-state index is -0.634. The molecule has 0 spiro atoms. The van der Waals surface area contributed by atoms with Gasteiger partial charge in [-0.1, -0.05) is 35.9 Å². The molecular formula is C17H16ClN3O. The molecule has 3 aromatic rings. The molecule has 2 N–H and O–H groups in total. The average Bonchev–Trinajstić information content (AvgIpc) is 2.53. The second kappa shape index (κ2) is 6.30. The number of benzene rings is 2. The molecule has 0 unspecified atom stereocenters. The maximum atomic E-state index is 10.2. The highest BCUT2D eigenvalue weighted by Crippen LogP contribution is 2.19. The third-order valence-electron chi connectivity index (χ3n) is 3.46. The number of hydrogen-bond donors (Lipinski definition) is 2. The minimum Gasteiger partial charge on any atom is -0.387 e. The Hall–Kier alpha value is -2.17. The Kier molecular flexibility index (Phi) is 4.22. The third kappa shape index (κ3) is 3.18. The van der Waals surface area contributed by atoms with Gasteiger partial charge >= 0.3 is 0 Å². The van der Waals surface area contributed by atoms with Gasteiger partial charge in [0.2, 0.25) is 0 Å². The zero-order valence-corrected chi connectivity index (χ0v) is 12.9. The molecule has 0 saturated heterocycles. The van der Waals surface area contributed by atoms with Gasteiger partial charge in [-0.05, 0) is 36.8 Å². The van der Waals surface area contributed by atoms with Crippen molar-refractivity contribution in [2.24, 2.45) is 0 Å². The van der Waals surface area contributed by atoms with Crippen molar-refractivity contribution in [3.8, 4) is 0 Å². The Balaban J connectivity index is 1.75. The van der Waals surface area contributed by atoms with Crippen molar-refractivity contribution >= 4 is 28.5 Å². The first-order chi connectivity index (χ1) is 10.6. The fourth-order valence-electron chi connectivity index (χ4n) is 2.25. The van der Waals surface area contributed by atoms with Crippen LogP contribution in [0.1, 0.15) is 17.4 Å². The van der Waals surface area contributed by atoms with Crippen molar-refractivity contribution in [3.05, 3.63) is 64.8 Å². The highest BCUT2D eigenvalue weighted by atomic mass is 35.5. The van der Waals surface area contributed by atoms with E-state index in [0.717, 1.165) is 22.3 Å². The Morgan fingerprint density at radius 1 is 1.05 bits per heavy atom. The number of hydrogen-bond acceptors (Lipinski definition) is 4. The van der Waals surface area contributed by atoms with E-state index in [9.17, 15) is 5.11 Å². The van der Waals surface area contributed by atoms with Gasteiger partial charge in [-0.3, -0.25) is 0 Å². The lowest BCUT2D eigenvalue weighted by Crippen LogP contribution is -2.14. The SMILES string of the molecule is Cc1nc2ccccc2nc1NC[C@@H](O)c1ccc(Cl)cc1. The van der Waals surface area contributed by atoms with Crippen molar-refractivity contribution < 1.29 is 5.11 Å². The lowest BCUT2D eigenvalue weighted by Gasteiger charge is -2.14. The van der Waals surface area contributed by atoms with Crippen molar-refractivity contribution in [1.82, 2.24) is 9.97 Å². The number of anilines is 1. The molecule has 0 aliphatic rings. The summed E-state index contributed by atoms with van der Waals surface area (Å²) in [6, 6.07) is 14.9. The van der Waals surface area contributed by atoms with Crippen LogP contribution < -0.4 is 5.32 Å². The summed E-state index contributed by atoms with van der Waals surface area (Å²) in [6.45, 7) is 2.26. The maximum Gasteiger partial charge on any atom is 0.148 e. The van der Waals surface area contributed by atoms with E-state index in [1.165, 1.54) is 0 Å². The first-order valence-corrected chi connectivity index (χ1v) is 7.42. The van der Waals surface area contributed by atoms with E-state index >= 15 is 0 Å². The van der Waals surface area contributed by atoms with Gasteiger partial charge in [-0.15, -0.1) is 0 Å². The molecule has 0 bridgehead atoms. The molecule has 1 atom stereocenters. The summed E-state index contributed by atoms with van der Waals surface area (Å²) >= 11 is 5.85. The van der Waals surface area contributed by atoms with Crippen LogP contribution in [-0.4, -0.2) is 21.6 Å². The highest BCUT2D eigenvalue weighted by Gasteiger charge is 2.10. The summed E-state index contributed by atoms with van der Waals surface area (Å²) in [7, 11) is 0. The van der Waals surface area contributed by atoms with Gasteiger partial charge in [0.1, 0.15) is 5.82 Å². The van der Waals surface area contributed by atoms with Crippen LogP contribution in [0.4, 0.5) is 5.82 Å². The van der Waals surface area contributed by atoms with Gasteiger partial charge in [0.25, 0.3) is 0 Å². The fourth-order valence-corrected chi connectivity index (χ4v) is 2.38. The number of halogens is 1. The smallest absolute Gasteiger partial charge is 0.148 e. The Morgan fingerprint density at radius 2 is 1.68 bits per heavy atom. The van der Waals surface area contributed by atoms with Crippen molar-refractivity contribution in [2.45, 2.75) is 13.0 Å². The Labute approximate surface area is 133 Å². The largest absolute Gasteiger partial charge is 0.387 e. The van der Waals surface area contributed by atoms with E-state index in [4.69, 9.17) is 11.6 Å². The summed E-state index contributed by atoms with van der Waals surface area (Å²) in [6.07, 6.45) is -0.634. The fraction of sp³-hybridized carbons (Fsp3) is 0.176. The van der Waals surface area contributed by atoms with Crippen molar-refractivity contribution in [2.75, 3.05) is 11.9 Å². The van der Waals surface area contributed by atoms with Crippen LogP contribution in [0.2, 0.25) is 5.02 Å². The number of fused-ring (bicyclic) bond motifs is 1. The second-order valence-electron chi connectivity index (χ2n) is 5.09. The number of nitrogens with one attached hydrogen (secondary N) is 1. The molecule has 0 radical (unpaired) electrons. The predicted molar refractivity (Wildman–Crippen MR) is 89.2 cm³/mol. The van der Waals surface area contributed by atoms with Crippen LogP contribution in [-0.2, 0) is 0 Å². The van der Waals surface area contributed by atoms with Gasteiger partial charge in [0.15, 0.2) is 0 Å². The van der Waals surface area contributed by atoms with E-state index in [2.05, 4.69) is 15.3 Å². The van der Waals surface area contributed by atoms with Gasteiger partial charge in [0.05, 0.1) is 22.8 Å². The number of aliphatic hydroxyl groups excluding tert-OH is 1. The Bertz CT molecular complexity index is 790. The zero-order chi connectivity index (χ0) is 15.5. The normalized spacial score (nSPS) is 12.3. The van der Waals surface area contributed by atoms with Crippen LogP contribution in [0.3, 0.4) is 0 Å². The van der Waals surface area contributed by atoms with Gasteiger partial charge in [-0.2, -0.15) is 0 Å². The molecule has 22 heavy (non-hydrogen) atoms. The van der Waals surface area contributed by atoms with E-state index in [0.29, 0.717) is 17.4 Å². The topological polar surface area (TPSA) is 58.0 Å². The van der Waals surface area contributed by atoms with E-state index in [1.807, 2.05) is 43.3 Å². The molecule has 1 aromatic heterocycles. The van der Waals surface area contributed by atoms with Crippen LogP contribution in [0, 0.1) is 6.92 Å². The van der Waals surface area contributed by atoms with Crippen LogP contribution in [0.5, 0.6) is 0 Å². The monoisotopic (exact) mass is 313 g/mol. The molecule has 2 aromatic carbocycles. The number of nitrogens with zero attached hydrogens (tertiary/aromatic N) is 2. The molecule has 0 saturated carbocycles. The maximum absolute atomic E-state index is 10.2. The molecule has 5 heteroatoms. The molecule has 3 rings (SSSR count). The standard InChI is InChI=1S/C17H16ClN3O/c1-11-17(21-15-5-3-2-4-14(15)20-11)19-10-16(22)12-6-8-13(18)9-7-12/h2-9,16,22H,10H2,1H3,(H,19,21)/t16-/m1/s1. The van der Waals surface area contributed by atoms with Crippen molar-refractivity contribution in [3.63, 3.8) is 0 Å². The molecule has 4 nitrogen and oxygen atoms in total. The van der Waals surface area contributed by atoms with E-state index < -0.39 is 6.10 Å². The highest BCUT2D eigenvalue weighted by molar-refractivity contribution is 6.30. The minimum absolute atomic E-state index is 0.357. The van der Waals surface area contributed by atoms with Crippen LogP contribution in [0.15, 0.2) is 48.5 Å². The third-order valence-corrected chi connectivity index (χ3v) is 3.71.